The second-order valence-corrected chi connectivity index (χ2v) is 7.01. The van der Waals surface area contributed by atoms with Gasteiger partial charge in [0.05, 0.1) is 11.2 Å². The van der Waals surface area contributed by atoms with Crippen molar-refractivity contribution in [3.8, 4) is 0 Å². The maximum absolute atomic E-state index is 6.14. The summed E-state index contributed by atoms with van der Waals surface area (Å²) in [6.45, 7) is 12.5. The molecule has 1 aliphatic heterocycles. The van der Waals surface area contributed by atoms with Crippen LogP contribution in [0.5, 0.6) is 0 Å². The molecule has 0 saturated carbocycles. The first kappa shape index (κ1) is 14.7. The van der Waals surface area contributed by atoms with E-state index in [1.807, 2.05) is 0 Å². The lowest BCUT2D eigenvalue weighted by atomic mass is 9.97. The number of hydrogen-bond donors (Lipinski definition) is 0. The highest BCUT2D eigenvalue weighted by Crippen LogP contribution is 2.33. The van der Waals surface area contributed by atoms with E-state index in [0.29, 0.717) is 5.88 Å². The van der Waals surface area contributed by atoms with Crippen molar-refractivity contribution in [2.75, 3.05) is 18.0 Å². The second-order valence-electron chi connectivity index (χ2n) is 6.74. The highest BCUT2D eigenvalue weighted by molar-refractivity contribution is 6.17. The van der Waals surface area contributed by atoms with Gasteiger partial charge in [-0.05, 0) is 46.2 Å². The summed E-state index contributed by atoms with van der Waals surface area (Å²) in [5.74, 6) is 0.551. The molecule has 1 aromatic rings. The van der Waals surface area contributed by atoms with Crippen molar-refractivity contribution in [2.45, 2.75) is 51.7 Å². The first-order valence-corrected chi connectivity index (χ1v) is 7.36. The third-order valence-electron chi connectivity index (χ3n) is 3.42. The number of rotatable bonds is 2. The van der Waals surface area contributed by atoms with Gasteiger partial charge in [0.2, 0.25) is 0 Å². The minimum Gasteiger partial charge on any atom is -0.366 e. The fourth-order valence-corrected chi connectivity index (χ4v) is 3.30. The number of halogens is 1. The van der Waals surface area contributed by atoms with Crippen molar-refractivity contribution < 1.29 is 4.74 Å². The zero-order valence-corrected chi connectivity index (χ0v) is 13.3. The van der Waals surface area contributed by atoms with Crippen LogP contribution in [0, 0.1) is 6.92 Å². The van der Waals surface area contributed by atoms with Crippen molar-refractivity contribution >= 4 is 17.3 Å². The van der Waals surface area contributed by atoms with E-state index in [9.17, 15) is 0 Å². The van der Waals surface area contributed by atoms with Crippen molar-refractivity contribution in [3.63, 3.8) is 0 Å². The van der Waals surface area contributed by atoms with Gasteiger partial charge >= 0.3 is 0 Å². The fourth-order valence-electron chi connectivity index (χ4n) is 3.09. The molecule has 0 atom stereocenters. The largest absolute Gasteiger partial charge is 0.366 e. The minimum atomic E-state index is -0.143. The van der Waals surface area contributed by atoms with Crippen LogP contribution in [0.3, 0.4) is 0 Å². The predicted octanol–water partition coefficient (Wildman–Crippen LogP) is 4.13. The van der Waals surface area contributed by atoms with Crippen LogP contribution in [0.15, 0.2) is 18.2 Å². The lowest BCUT2D eigenvalue weighted by molar-refractivity contribution is -0.133. The molecule has 3 heteroatoms. The Balaban J connectivity index is 2.35. The molecule has 0 radical (unpaired) electrons. The molecule has 1 aromatic carbocycles. The van der Waals surface area contributed by atoms with Crippen LogP contribution in [0.2, 0.25) is 0 Å². The number of alkyl halides is 1. The van der Waals surface area contributed by atoms with E-state index in [-0.39, 0.29) is 11.2 Å². The first-order chi connectivity index (χ1) is 8.72. The SMILES string of the molecule is Cc1ccc(N2CC(C)(C)OC(C)(C)C2)c(CCl)c1. The third-order valence-corrected chi connectivity index (χ3v) is 3.70. The van der Waals surface area contributed by atoms with E-state index < -0.39 is 0 Å². The van der Waals surface area contributed by atoms with E-state index in [1.165, 1.54) is 16.8 Å². The summed E-state index contributed by atoms with van der Waals surface area (Å²) in [4.78, 5) is 2.40. The molecule has 1 fully saturated rings. The van der Waals surface area contributed by atoms with Gasteiger partial charge in [0.1, 0.15) is 0 Å². The highest BCUT2D eigenvalue weighted by Gasteiger charge is 2.38. The minimum absolute atomic E-state index is 0.143. The summed E-state index contributed by atoms with van der Waals surface area (Å²) in [7, 11) is 0. The number of morpholine rings is 1. The van der Waals surface area contributed by atoms with Gasteiger partial charge in [-0.3, -0.25) is 0 Å². The summed E-state index contributed by atoms with van der Waals surface area (Å²) in [5, 5.41) is 0. The Morgan fingerprint density at radius 1 is 1.16 bits per heavy atom. The van der Waals surface area contributed by atoms with Crippen LogP contribution in [-0.4, -0.2) is 24.3 Å². The topological polar surface area (TPSA) is 12.5 Å². The molecule has 19 heavy (non-hydrogen) atoms. The van der Waals surface area contributed by atoms with Crippen LogP contribution in [-0.2, 0) is 10.6 Å². The molecule has 0 N–H and O–H groups in total. The Hall–Kier alpha value is -0.730. The average molecular weight is 282 g/mol. The summed E-state index contributed by atoms with van der Waals surface area (Å²) in [6.07, 6.45) is 0. The van der Waals surface area contributed by atoms with Gasteiger partial charge in [0.15, 0.2) is 0 Å². The second kappa shape index (κ2) is 4.99. The summed E-state index contributed by atoms with van der Waals surface area (Å²) in [6, 6.07) is 6.52. The molecule has 0 bridgehead atoms. The molecule has 2 rings (SSSR count). The molecule has 1 aliphatic rings. The van der Waals surface area contributed by atoms with E-state index in [0.717, 1.165) is 13.1 Å². The number of nitrogens with zero attached hydrogens (tertiary/aromatic N) is 1. The quantitative estimate of drug-likeness (QED) is 0.756. The zero-order valence-electron chi connectivity index (χ0n) is 12.6. The van der Waals surface area contributed by atoms with Crippen LogP contribution in [0.4, 0.5) is 5.69 Å². The van der Waals surface area contributed by atoms with E-state index in [1.54, 1.807) is 0 Å². The van der Waals surface area contributed by atoms with Gasteiger partial charge in [0.25, 0.3) is 0 Å². The van der Waals surface area contributed by atoms with Crippen LogP contribution in [0.25, 0.3) is 0 Å². The van der Waals surface area contributed by atoms with Crippen molar-refractivity contribution in [1.82, 2.24) is 0 Å². The molecule has 1 heterocycles. The van der Waals surface area contributed by atoms with Gasteiger partial charge in [0, 0.05) is 24.7 Å². The van der Waals surface area contributed by atoms with Gasteiger partial charge in [-0.25, -0.2) is 0 Å². The van der Waals surface area contributed by atoms with Gasteiger partial charge in [-0.1, -0.05) is 17.7 Å². The van der Waals surface area contributed by atoms with Crippen molar-refractivity contribution in [2.24, 2.45) is 0 Å². The number of anilines is 1. The normalized spacial score (nSPS) is 21.5. The van der Waals surface area contributed by atoms with Gasteiger partial charge in [-0.2, -0.15) is 0 Å². The van der Waals surface area contributed by atoms with Crippen molar-refractivity contribution in [3.05, 3.63) is 29.3 Å². The molecule has 0 amide bonds. The average Bonchev–Trinajstić information content (AvgIpc) is 2.24. The van der Waals surface area contributed by atoms with E-state index >= 15 is 0 Å². The van der Waals surface area contributed by atoms with Crippen molar-refractivity contribution in [1.29, 1.82) is 0 Å². The molecule has 0 aliphatic carbocycles. The maximum atomic E-state index is 6.14. The number of aryl methyl sites for hydroxylation is 1. The highest BCUT2D eigenvalue weighted by atomic mass is 35.5. The molecule has 2 nitrogen and oxygen atoms in total. The summed E-state index contributed by atoms with van der Waals surface area (Å²) < 4.78 is 6.14. The van der Waals surface area contributed by atoms with Crippen LogP contribution in [0.1, 0.15) is 38.8 Å². The van der Waals surface area contributed by atoms with Crippen LogP contribution < -0.4 is 4.90 Å². The lowest BCUT2D eigenvalue weighted by Gasteiger charge is -2.48. The molecule has 0 aromatic heterocycles. The number of hydrogen-bond acceptors (Lipinski definition) is 2. The van der Waals surface area contributed by atoms with Gasteiger partial charge in [-0.15, -0.1) is 11.6 Å². The molecule has 1 saturated heterocycles. The molecular formula is C16H24ClNO. The predicted molar refractivity (Wildman–Crippen MR) is 82.2 cm³/mol. The Morgan fingerprint density at radius 2 is 1.74 bits per heavy atom. The van der Waals surface area contributed by atoms with E-state index in [4.69, 9.17) is 16.3 Å². The monoisotopic (exact) mass is 281 g/mol. The third kappa shape index (κ3) is 3.43. The first-order valence-electron chi connectivity index (χ1n) is 6.83. The standard InChI is InChI=1S/C16H24ClNO/c1-12-6-7-14(13(8-12)9-17)18-10-15(2,3)19-16(4,5)11-18/h6-8H,9-11H2,1-5H3. The Morgan fingerprint density at radius 3 is 2.26 bits per heavy atom. The molecule has 0 unspecified atom stereocenters. The summed E-state index contributed by atoms with van der Waals surface area (Å²) >= 11 is 6.11. The van der Waals surface area contributed by atoms with E-state index in [2.05, 4.69) is 57.7 Å². The maximum Gasteiger partial charge on any atom is 0.0808 e. The Labute approximate surface area is 121 Å². The zero-order chi connectivity index (χ0) is 14.3. The molecular weight excluding hydrogens is 258 g/mol. The number of ether oxygens (including phenoxy) is 1. The summed E-state index contributed by atoms with van der Waals surface area (Å²) in [5.41, 5.74) is 3.42. The number of benzene rings is 1. The fraction of sp³-hybridized carbons (Fsp3) is 0.625. The van der Waals surface area contributed by atoms with Gasteiger partial charge < -0.3 is 9.64 Å². The Bertz CT molecular complexity index is 452. The molecule has 0 spiro atoms. The lowest BCUT2D eigenvalue weighted by Crippen LogP contribution is -2.57. The van der Waals surface area contributed by atoms with Crippen LogP contribution >= 0.6 is 11.6 Å². The Kier molecular flexibility index (Phi) is 3.85. The molecule has 106 valence electrons. The smallest absolute Gasteiger partial charge is 0.0808 e.